The molecule has 3 fully saturated rings. The Hall–Kier alpha value is -2.37. The fraction of sp³-hybridized carbons (Fsp3) is 0.652. The van der Waals surface area contributed by atoms with E-state index in [4.69, 9.17) is 0 Å². The van der Waals surface area contributed by atoms with Crippen LogP contribution < -0.4 is 5.32 Å². The number of carbonyl (C=O) groups is 3. The van der Waals surface area contributed by atoms with Crippen LogP contribution in [0.15, 0.2) is 12.1 Å². The van der Waals surface area contributed by atoms with E-state index in [1.165, 1.54) is 4.90 Å². The number of pyridine rings is 1. The molecule has 0 aliphatic carbocycles. The molecule has 0 spiro atoms. The monoisotopic (exact) mass is 490 g/mol. The summed E-state index contributed by atoms with van der Waals surface area (Å²) >= 11 is 0. The molecule has 1 aromatic heterocycles. The molecule has 34 heavy (non-hydrogen) atoms. The van der Waals surface area contributed by atoms with E-state index in [2.05, 4.69) is 15.2 Å². The first-order valence-electron chi connectivity index (χ1n) is 11.9. The van der Waals surface area contributed by atoms with E-state index in [-0.39, 0.29) is 36.3 Å². The molecule has 2 N–H and O–H groups in total. The predicted molar refractivity (Wildman–Crippen MR) is 121 cm³/mol. The number of amides is 3. The number of fused-ring (bicyclic) bond motifs is 1. The number of hydrogen-bond donors (Lipinski definition) is 2. The molecule has 1 atom stereocenters. The number of rotatable bonds is 4. The molecule has 4 aliphatic heterocycles. The zero-order chi connectivity index (χ0) is 24.1. The first-order valence-corrected chi connectivity index (χ1v) is 13.8. The average Bonchev–Trinajstić information content (AvgIpc) is 3.12. The molecule has 5 rings (SSSR count). The standard InChI is InChI=1S/C23H30N4O6S/c28-20-4-2-18(21(29)25-20)27-14-17-16(22(27)30)1-3-19(24-17)23(31)7-9-26(10-8-23)13-15-5-11-34(32,33)12-6-15/h1,3,15,18,31H,2,4-14H2,(H,25,28,29). The highest BCUT2D eigenvalue weighted by molar-refractivity contribution is 7.91. The van der Waals surface area contributed by atoms with Gasteiger partial charge in [-0.3, -0.25) is 24.7 Å². The van der Waals surface area contributed by atoms with Crippen LogP contribution in [-0.4, -0.2) is 83.2 Å². The molecule has 0 aromatic carbocycles. The topological polar surface area (TPSA) is 137 Å². The van der Waals surface area contributed by atoms with Gasteiger partial charge in [0, 0.05) is 26.1 Å². The second-order valence-corrected chi connectivity index (χ2v) is 12.3. The molecule has 0 radical (unpaired) electrons. The maximum atomic E-state index is 12.9. The molecule has 5 heterocycles. The minimum absolute atomic E-state index is 0.182. The lowest BCUT2D eigenvalue weighted by atomic mass is 9.86. The second kappa shape index (κ2) is 8.69. The summed E-state index contributed by atoms with van der Waals surface area (Å²) in [6.45, 7) is 2.42. The summed E-state index contributed by atoms with van der Waals surface area (Å²) in [5.41, 5.74) is 0.424. The number of nitrogens with zero attached hydrogens (tertiary/aromatic N) is 3. The third-order valence-electron chi connectivity index (χ3n) is 7.72. The van der Waals surface area contributed by atoms with Gasteiger partial charge in [0.05, 0.1) is 35.0 Å². The van der Waals surface area contributed by atoms with Gasteiger partial charge >= 0.3 is 0 Å². The number of carbonyl (C=O) groups excluding carboxylic acids is 3. The van der Waals surface area contributed by atoms with Crippen LogP contribution in [0.5, 0.6) is 0 Å². The molecule has 10 nitrogen and oxygen atoms in total. The van der Waals surface area contributed by atoms with Crippen LogP contribution in [0, 0.1) is 5.92 Å². The summed E-state index contributed by atoms with van der Waals surface area (Å²) < 4.78 is 23.3. The third kappa shape index (κ3) is 4.48. The quantitative estimate of drug-likeness (QED) is 0.561. The molecular formula is C23H30N4O6S. The van der Waals surface area contributed by atoms with Crippen LogP contribution >= 0.6 is 0 Å². The fourth-order valence-corrected chi connectivity index (χ4v) is 7.13. The Kier molecular flexibility index (Phi) is 5.97. The lowest BCUT2D eigenvalue weighted by Gasteiger charge is -2.39. The van der Waals surface area contributed by atoms with Crippen molar-refractivity contribution in [1.82, 2.24) is 20.1 Å². The van der Waals surface area contributed by atoms with Crippen LogP contribution in [0.4, 0.5) is 0 Å². The molecule has 11 heteroatoms. The van der Waals surface area contributed by atoms with Crippen molar-refractivity contribution in [2.45, 2.75) is 56.7 Å². The summed E-state index contributed by atoms with van der Waals surface area (Å²) in [4.78, 5) is 45.0. The van der Waals surface area contributed by atoms with Crippen LogP contribution in [0.3, 0.4) is 0 Å². The van der Waals surface area contributed by atoms with E-state index < -0.39 is 27.4 Å². The molecule has 3 saturated heterocycles. The zero-order valence-electron chi connectivity index (χ0n) is 19.0. The molecule has 1 unspecified atom stereocenters. The number of imide groups is 1. The van der Waals surface area contributed by atoms with E-state index in [0.29, 0.717) is 68.1 Å². The molecule has 4 aliphatic rings. The van der Waals surface area contributed by atoms with Gasteiger partial charge in [0.2, 0.25) is 11.8 Å². The van der Waals surface area contributed by atoms with Crippen LogP contribution in [0.1, 0.15) is 60.3 Å². The molecule has 3 amide bonds. The highest BCUT2D eigenvalue weighted by Gasteiger charge is 2.42. The maximum absolute atomic E-state index is 12.9. The first kappa shape index (κ1) is 23.4. The average molecular weight is 491 g/mol. The smallest absolute Gasteiger partial charge is 0.256 e. The van der Waals surface area contributed by atoms with E-state index in [1.807, 2.05) is 0 Å². The van der Waals surface area contributed by atoms with Crippen molar-refractivity contribution in [3.05, 3.63) is 29.1 Å². The number of nitrogens with one attached hydrogen (secondary N) is 1. The van der Waals surface area contributed by atoms with Crippen LogP contribution in [0.25, 0.3) is 0 Å². The fourth-order valence-electron chi connectivity index (χ4n) is 5.54. The summed E-state index contributed by atoms with van der Waals surface area (Å²) in [5.74, 6) is -0.157. The van der Waals surface area contributed by atoms with Gasteiger partial charge in [-0.25, -0.2) is 8.42 Å². The largest absolute Gasteiger partial charge is 0.383 e. The van der Waals surface area contributed by atoms with Gasteiger partial charge in [-0.1, -0.05) is 0 Å². The van der Waals surface area contributed by atoms with Gasteiger partial charge < -0.3 is 14.9 Å². The summed E-state index contributed by atoms with van der Waals surface area (Å²) in [7, 11) is -2.87. The van der Waals surface area contributed by atoms with Crippen molar-refractivity contribution in [1.29, 1.82) is 0 Å². The van der Waals surface area contributed by atoms with Crippen LogP contribution in [0.2, 0.25) is 0 Å². The van der Waals surface area contributed by atoms with Crippen molar-refractivity contribution in [2.24, 2.45) is 5.92 Å². The Morgan fingerprint density at radius 2 is 1.79 bits per heavy atom. The van der Waals surface area contributed by atoms with Crippen molar-refractivity contribution < 1.29 is 27.9 Å². The SMILES string of the molecule is O=C1CCC(N2Cc3nc(C4(O)CCN(CC5CCS(=O)(=O)CC5)CC4)ccc3C2=O)C(=O)N1. The lowest BCUT2D eigenvalue weighted by molar-refractivity contribution is -0.136. The highest BCUT2D eigenvalue weighted by atomic mass is 32.2. The Bertz CT molecular complexity index is 1110. The first-order chi connectivity index (χ1) is 16.1. The number of sulfone groups is 1. The minimum atomic E-state index is -2.87. The Morgan fingerprint density at radius 3 is 2.47 bits per heavy atom. The van der Waals surface area contributed by atoms with Gasteiger partial charge in [0.25, 0.3) is 5.91 Å². The highest BCUT2D eigenvalue weighted by Crippen LogP contribution is 2.35. The minimum Gasteiger partial charge on any atom is -0.383 e. The summed E-state index contributed by atoms with van der Waals surface area (Å²) in [6, 6.07) is 2.69. The van der Waals surface area contributed by atoms with Gasteiger partial charge in [-0.15, -0.1) is 0 Å². The van der Waals surface area contributed by atoms with E-state index >= 15 is 0 Å². The Balaban J connectivity index is 1.22. The van der Waals surface area contributed by atoms with E-state index in [1.54, 1.807) is 12.1 Å². The third-order valence-corrected chi connectivity index (χ3v) is 9.44. The normalized spacial score (nSPS) is 27.5. The second-order valence-electron chi connectivity index (χ2n) is 10.0. The van der Waals surface area contributed by atoms with E-state index in [9.17, 15) is 27.9 Å². The number of piperidine rings is 2. The maximum Gasteiger partial charge on any atom is 0.256 e. The molecule has 184 valence electrons. The zero-order valence-corrected chi connectivity index (χ0v) is 19.8. The predicted octanol–water partition coefficient (Wildman–Crippen LogP) is -0.0492. The number of aliphatic hydroxyl groups is 1. The summed E-state index contributed by atoms with van der Waals surface area (Å²) in [5, 5.41) is 13.6. The van der Waals surface area contributed by atoms with Crippen molar-refractivity contribution in [3.63, 3.8) is 0 Å². The summed E-state index contributed by atoms with van der Waals surface area (Å²) in [6.07, 6.45) is 2.91. The van der Waals surface area contributed by atoms with Gasteiger partial charge in [0.15, 0.2) is 0 Å². The lowest BCUT2D eigenvalue weighted by Crippen LogP contribution is -2.52. The van der Waals surface area contributed by atoms with Gasteiger partial charge in [-0.2, -0.15) is 0 Å². The van der Waals surface area contributed by atoms with Gasteiger partial charge in [-0.05, 0) is 50.2 Å². The van der Waals surface area contributed by atoms with Crippen LogP contribution in [-0.2, 0) is 31.6 Å². The molecule has 0 saturated carbocycles. The molecular weight excluding hydrogens is 460 g/mol. The number of likely N-dealkylation sites (tertiary alicyclic amines) is 1. The van der Waals surface area contributed by atoms with E-state index in [0.717, 1.165) is 6.54 Å². The number of hydrogen-bond acceptors (Lipinski definition) is 8. The van der Waals surface area contributed by atoms with Crippen molar-refractivity contribution in [3.8, 4) is 0 Å². The Morgan fingerprint density at radius 1 is 1.09 bits per heavy atom. The molecule has 0 bridgehead atoms. The molecule has 1 aromatic rings. The van der Waals surface area contributed by atoms with Gasteiger partial charge in [0.1, 0.15) is 21.5 Å². The Labute approximate surface area is 198 Å². The van der Waals surface area contributed by atoms with Crippen molar-refractivity contribution >= 4 is 27.6 Å². The van der Waals surface area contributed by atoms with Crippen molar-refractivity contribution in [2.75, 3.05) is 31.1 Å². The number of aromatic nitrogens is 1.